The Bertz CT molecular complexity index is 765. The second-order valence-corrected chi connectivity index (χ2v) is 6.55. The molecule has 0 fully saturated rings. The summed E-state index contributed by atoms with van der Waals surface area (Å²) in [6.45, 7) is 5.55. The van der Waals surface area contributed by atoms with Crippen molar-refractivity contribution in [1.82, 2.24) is 4.90 Å². The van der Waals surface area contributed by atoms with Gasteiger partial charge in [0, 0.05) is 25.2 Å². The molecule has 0 aromatic heterocycles. The Kier molecular flexibility index (Phi) is 6.73. The molecule has 7 heteroatoms. The van der Waals surface area contributed by atoms with Crippen LogP contribution in [0.25, 0.3) is 0 Å². The lowest BCUT2D eigenvalue weighted by Crippen LogP contribution is -2.35. The minimum absolute atomic E-state index is 0.0322. The maximum Gasteiger partial charge on any atom is 0.271 e. The fourth-order valence-corrected chi connectivity index (χ4v) is 2.78. The Morgan fingerprint density at radius 3 is 2.56 bits per heavy atom. The lowest BCUT2D eigenvalue weighted by Gasteiger charge is -2.26. The van der Waals surface area contributed by atoms with Crippen molar-refractivity contribution in [2.24, 2.45) is 0 Å². The molecule has 0 aliphatic rings. The van der Waals surface area contributed by atoms with E-state index in [-0.39, 0.29) is 5.69 Å². The summed E-state index contributed by atoms with van der Waals surface area (Å²) in [5.74, 6) is 0. The summed E-state index contributed by atoms with van der Waals surface area (Å²) < 4.78 is 0. The van der Waals surface area contributed by atoms with E-state index in [1.54, 1.807) is 0 Å². The van der Waals surface area contributed by atoms with Gasteiger partial charge in [0.15, 0.2) is 5.11 Å². The maximum absolute atomic E-state index is 10.9. The van der Waals surface area contributed by atoms with Gasteiger partial charge < -0.3 is 10.2 Å². The number of nitrogens with one attached hydrogen (secondary N) is 1. The SMILES string of the molecule is CCCN(Cc1ccc(C)cc1)C(=S)Nc1cc([N+](=O)[O-])ccc1Cl. The van der Waals surface area contributed by atoms with Crippen molar-refractivity contribution in [1.29, 1.82) is 0 Å². The fourth-order valence-electron chi connectivity index (χ4n) is 2.35. The second kappa shape index (κ2) is 8.78. The monoisotopic (exact) mass is 377 g/mol. The third-order valence-corrected chi connectivity index (χ3v) is 4.37. The molecule has 0 saturated carbocycles. The molecule has 2 aromatic rings. The van der Waals surface area contributed by atoms with Crippen LogP contribution in [0.15, 0.2) is 42.5 Å². The van der Waals surface area contributed by atoms with Gasteiger partial charge in [-0.2, -0.15) is 0 Å². The highest BCUT2D eigenvalue weighted by atomic mass is 35.5. The molecule has 2 aromatic carbocycles. The molecule has 5 nitrogen and oxygen atoms in total. The van der Waals surface area contributed by atoms with Crippen molar-refractivity contribution in [3.05, 3.63) is 68.7 Å². The van der Waals surface area contributed by atoms with Gasteiger partial charge >= 0.3 is 0 Å². The average molecular weight is 378 g/mol. The first-order valence-electron chi connectivity index (χ1n) is 7.96. The van der Waals surface area contributed by atoms with Crippen LogP contribution >= 0.6 is 23.8 Å². The van der Waals surface area contributed by atoms with Gasteiger partial charge in [-0.3, -0.25) is 10.1 Å². The van der Waals surface area contributed by atoms with E-state index >= 15 is 0 Å². The summed E-state index contributed by atoms with van der Waals surface area (Å²) in [6.07, 6.45) is 0.927. The van der Waals surface area contributed by atoms with E-state index in [4.69, 9.17) is 23.8 Å². The van der Waals surface area contributed by atoms with E-state index < -0.39 is 4.92 Å². The summed E-state index contributed by atoms with van der Waals surface area (Å²) in [7, 11) is 0. The molecule has 0 radical (unpaired) electrons. The van der Waals surface area contributed by atoms with E-state index in [9.17, 15) is 10.1 Å². The van der Waals surface area contributed by atoms with Crippen molar-refractivity contribution in [2.45, 2.75) is 26.8 Å². The predicted octanol–water partition coefficient (Wildman–Crippen LogP) is 5.17. The lowest BCUT2D eigenvalue weighted by molar-refractivity contribution is -0.384. The number of nitro benzene ring substituents is 1. The molecular weight excluding hydrogens is 358 g/mol. The van der Waals surface area contributed by atoms with E-state index in [1.807, 2.05) is 11.8 Å². The number of thiocarbonyl (C=S) groups is 1. The molecule has 0 aliphatic carbocycles. The zero-order valence-corrected chi connectivity index (χ0v) is 15.7. The van der Waals surface area contributed by atoms with E-state index in [1.165, 1.54) is 23.8 Å². The van der Waals surface area contributed by atoms with Gasteiger partial charge in [0.1, 0.15) is 0 Å². The van der Waals surface area contributed by atoms with Crippen LogP contribution in [0.5, 0.6) is 0 Å². The number of halogens is 1. The van der Waals surface area contributed by atoms with Crippen LogP contribution in [0.4, 0.5) is 11.4 Å². The third-order valence-electron chi connectivity index (χ3n) is 3.68. The number of anilines is 1. The van der Waals surface area contributed by atoms with Crippen molar-refractivity contribution < 1.29 is 4.92 Å². The number of nitrogens with zero attached hydrogens (tertiary/aromatic N) is 2. The molecular formula is C18H20ClN3O2S. The molecule has 0 spiro atoms. The molecule has 0 unspecified atom stereocenters. The zero-order chi connectivity index (χ0) is 18.4. The van der Waals surface area contributed by atoms with E-state index in [0.717, 1.165) is 18.5 Å². The smallest absolute Gasteiger partial charge is 0.271 e. The minimum atomic E-state index is -0.458. The van der Waals surface area contributed by atoms with Crippen LogP contribution in [0.3, 0.4) is 0 Å². The summed E-state index contributed by atoms with van der Waals surface area (Å²) in [5, 5.41) is 14.9. The summed E-state index contributed by atoms with van der Waals surface area (Å²) in [4.78, 5) is 12.5. The van der Waals surface area contributed by atoms with Gasteiger partial charge in [0.2, 0.25) is 0 Å². The van der Waals surface area contributed by atoms with Crippen LogP contribution < -0.4 is 5.32 Å². The van der Waals surface area contributed by atoms with Crippen LogP contribution in [0, 0.1) is 17.0 Å². The quantitative estimate of drug-likeness (QED) is 0.427. The Labute approximate surface area is 157 Å². The van der Waals surface area contributed by atoms with Crippen molar-refractivity contribution in [3.63, 3.8) is 0 Å². The van der Waals surface area contributed by atoms with Crippen molar-refractivity contribution in [2.75, 3.05) is 11.9 Å². The predicted molar refractivity (Wildman–Crippen MR) is 106 cm³/mol. The van der Waals surface area contributed by atoms with Gasteiger partial charge in [-0.1, -0.05) is 48.4 Å². The standard InChI is InChI=1S/C18H20ClN3O2S/c1-3-10-21(12-14-6-4-13(2)5-7-14)18(25)20-17-11-15(22(23)24)8-9-16(17)19/h4-9,11H,3,10,12H2,1-2H3,(H,20,25). The first-order chi connectivity index (χ1) is 11.9. The molecule has 25 heavy (non-hydrogen) atoms. The molecule has 0 atom stereocenters. The molecule has 0 saturated heterocycles. The van der Waals surface area contributed by atoms with E-state index in [2.05, 4.69) is 36.5 Å². The minimum Gasteiger partial charge on any atom is -0.345 e. The summed E-state index contributed by atoms with van der Waals surface area (Å²) in [5.41, 5.74) is 2.75. The number of hydrogen-bond acceptors (Lipinski definition) is 3. The largest absolute Gasteiger partial charge is 0.345 e. The first-order valence-corrected chi connectivity index (χ1v) is 8.74. The number of benzene rings is 2. The first kappa shape index (κ1) is 19.1. The zero-order valence-electron chi connectivity index (χ0n) is 14.2. The van der Waals surface area contributed by atoms with Gasteiger partial charge in [-0.15, -0.1) is 0 Å². The van der Waals surface area contributed by atoms with Crippen molar-refractivity contribution >= 4 is 40.3 Å². The average Bonchev–Trinajstić information content (AvgIpc) is 2.58. The van der Waals surface area contributed by atoms with Gasteiger partial charge in [0.25, 0.3) is 5.69 Å². The van der Waals surface area contributed by atoms with Crippen LogP contribution in [-0.4, -0.2) is 21.5 Å². The number of hydrogen-bond donors (Lipinski definition) is 1. The molecule has 132 valence electrons. The molecule has 0 amide bonds. The van der Waals surface area contributed by atoms with E-state index in [0.29, 0.717) is 22.4 Å². The molecule has 0 aliphatic heterocycles. The highest BCUT2D eigenvalue weighted by molar-refractivity contribution is 7.80. The Morgan fingerprint density at radius 2 is 1.96 bits per heavy atom. The Balaban J connectivity index is 2.16. The molecule has 0 bridgehead atoms. The highest BCUT2D eigenvalue weighted by Crippen LogP contribution is 2.27. The van der Waals surface area contributed by atoms with Gasteiger partial charge in [0.05, 0.1) is 15.6 Å². The summed E-state index contributed by atoms with van der Waals surface area (Å²) >= 11 is 11.6. The number of non-ortho nitro benzene ring substituents is 1. The normalized spacial score (nSPS) is 10.4. The molecule has 2 rings (SSSR count). The number of nitro groups is 1. The topological polar surface area (TPSA) is 58.4 Å². The summed E-state index contributed by atoms with van der Waals surface area (Å²) in [6, 6.07) is 12.5. The Morgan fingerprint density at radius 1 is 1.28 bits per heavy atom. The second-order valence-electron chi connectivity index (χ2n) is 5.76. The Hall–Kier alpha value is -2.18. The lowest BCUT2D eigenvalue weighted by atomic mass is 10.1. The van der Waals surface area contributed by atoms with Gasteiger partial charge in [-0.25, -0.2) is 0 Å². The fraction of sp³-hybridized carbons (Fsp3) is 0.278. The maximum atomic E-state index is 10.9. The van der Waals surface area contributed by atoms with Crippen LogP contribution in [-0.2, 0) is 6.54 Å². The van der Waals surface area contributed by atoms with Crippen LogP contribution in [0.1, 0.15) is 24.5 Å². The molecule has 1 N–H and O–H groups in total. The molecule has 0 heterocycles. The third kappa shape index (κ3) is 5.41. The van der Waals surface area contributed by atoms with Crippen LogP contribution in [0.2, 0.25) is 5.02 Å². The number of rotatable bonds is 6. The highest BCUT2D eigenvalue weighted by Gasteiger charge is 2.14. The van der Waals surface area contributed by atoms with Crippen molar-refractivity contribution in [3.8, 4) is 0 Å². The van der Waals surface area contributed by atoms with Gasteiger partial charge in [-0.05, 0) is 37.2 Å². The number of aryl methyl sites for hydroxylation is 1.